The third-order valence-electron chi connectivity index (χ3n) is 6.59. The zero-order valence-corrected chi connectivity index (χ0v) is 23.9. The van der Waals surface area contributed by atoms with Crippen LogP contribution in [-0.4, -0.2) is 67.7 Å². The Bertz CT molecular complexity index is 1190. The summed E-state index contributed by atoms with van der Waals surface area (Å²) in [4.78, 5) is 14.6. The summed E-state index contributed by atoms with van der Waals surface area (Å²) >= 11 is 0. The molecule has 11 heteroatoms. The van der Waals surface area contributed by atoms with E-state index in [1.165, 1.54) is 16.7 Å². The highest BCUT2D eigenvalue weighted by Gasteiger charge is 2.19. The van der Waals surface area contributed by atoms with Crippen LogP contribution in [0.1, 0.15) is 55.2 Å². The summed E-state index contributed by atoms with van der Waals surface area (Å²) in [5, 5.41) is 21.0. The highest BCUT2D eigenvalue weighted by Crippen LogP contribution is 2.31. The van der Waals surface area contributed by atoms with Gasteiger partial charge in [0, 0.05) is 55.9 Å². The van der Waals surface area contributed by atoms with Gasteiger partial charge in [0.2, 0.25) is 6.54 Å². The molecule has 4 N–H and O–H groups in total. The molecule has 3 rings (SSSR count). The highest BCUT2D eigenvalue weighted by atomic mass is 33.1. The Kier molecular flexibility index (Phi) is 12.7. The molecule has 1 aliphatic carbocycles. The zero-order valence-electron chi connectivity index (χ0n) is 22.3. The first kappa shape index (κ1) is 31.1. The third kappa shape index (κ3) is 10.9. The molecule has 0 fully saturated rings. The van der Waals surface area contributed by atoms with E-state index in [4.69, 9.17) is 14.8 Å². The number of anilines is 1. The molecule has 0 saturated carbocycles. The number of benzene rings is 1. The number of hydrogen-bond donors (Lipinski definition) is 4. The van der Waals surface area contributed by atoms with E-state index in [2.05, 4.69) is 46.6 Å². The van der Waals surface area contributed by atoms with Crippen LogP contribution in [0.3, 0.4) is 0 Å². The molecule has 0 radical (unpaired) electrons. The molecular weight excluding hydrogens is 538 g/mol. The Labute approximate surface area is 235 Å². The van der Waals surface area contributed by atoms with E-state index in [0.717, 1.165) is 69.3 Å². The number of pyridine rings is 1. The number of hydrogen-bond acceptors (Lipinski definition) is 7. The molecule has 214 valence electrons. The Morgan fingerprint density at radius 3 is 2.36 bits per heavy atom. The second kappa shape index (κ2) is 16.0. The number of carbonyl (C=O) groups excluding carboxylic acids is 1. The first-order valence-corrected chi connectivity index (χ1v) is 16.4. The van der Waals surface area contributed by atoms with Gasteiger partial charge in [-0.25, -0.2) is 0 Å². The van der Waals surface area contributed by atoms with Crippen molar-refractivity contribution in [3.05, 3.63) is 59.4 Å². The minimum atomic E-state index is -4.10. The third-order valence-corrected chi connectivity index (χ3v) is 8.65. The van der Waals surface area contributed by atoms with Gasteiger partial charge in [-0.15, -0.1) is 0 Å². The van der Waals surface area contributed by atoms with Gasteiger partial charge in [0.05, 0.1) is 0 Å². The van der Waals surface area contributed by atoms with Crippen molar-refractivity contribution in [2.75, 3.05) is 43.5 Å². The standard InChI is InChI=1S/C28H39N3O6S2/c32-17-3-1-14-31(15-2-4-18-33)26-10-8-23(9-11-26)20-24-6-5-7-25-21-30(16-12-27(24)25)22-28(34)29-13-19-38-39(35,36)37/h8-12,16,20-21,32-33H,1-7,13-15,17-19,22H2,(H-,29,34,35,36,37)/p+1. The molecule has 1 aromatic carbocycles. The predicted octanol–water partition coefficient (Wildman–Crippen LogP) is 2.85. The van der Waals surface area contributed by atoms with Gasteiger partial charge < -0.3 is 20.4 Å². The molecule has 0 saturated heterocycles. The Morgan fingerprint density at radius 2 is 1.72 bits per heavy atom. The van der Waals surface area contributed by atoms with Gasteiger partial charge in [0.1, 0.15) is 0 Å². The van der Waals surface area contributed by atoms with Gasteiger partial charge in [-0.1, -0.05) is 18.2 Å². The van der Waals surface area contributed by atoms with Crippen molar-refractivity contribution in [1.82, 2.24) is 5.32 Å². The molecule has 39 heavy (non-hydrogen) atoms. The number of aryl methyl sites for hydroxylation is 1. The van der Waals surface area contributed by atoms with Gasteiger partial charge in [-0.2, -0.15) is 13.0 Å². The number of allylic oxidation sites excluding steroid dienone is 1. The summed E-state index contributed by atoms with van der Waals surface area (Å²) in [6.45, 7) is 2.44. The molecule has 1 aliphatic rings. The number of unbranched alkanes of at least 4 members (excludes halogenated alkanes) is 2. The quantitative estimate of drug-likeness (QED) is 0.104. The molecule has 1 heterocycles. The van der Waals surface area contributed by atoms with Crippen molar-refractivity contribution >= 4 is 43.2 Å². The van der Waals surface area contributed by atoms with Crippen molar-refractivity contribution in [3.8, 4) is 0 Å². The normalized spacial score (nSPS) is 14.3. The molecule has 0 atom stereocenters. The number of rotatable bonds is 16. The van der Waals surface area contributed by atoms with Crippen molar-refractivity contribution in [2.45, 2.75) is 51.5 Å². The fourth-order valence-electron chi connectivity index (χ4n) is 4.70. The molecule has 0 unspecified atom stereocenters. The van der Waals surface area contributed by atoms with E-state index in [-0.39, 0.29) is 38.0 Å². The van der Waals surface area contributed by atoms with Crippen LogP contribution in [0.5, 0.6) is 0 Å². The lowest BCUT2D eigenvalue weighted by Gasteiger charge is -2.25. The SMILES string of the molecule is O=C(C[n+]1ccc2c(c1)CCC/C2=C\c1ccc(N(CCCCO)CCCCO)cc1)NCCSS(=O)(=O)O. The lowest BCUT2D eigenvalue weighted by molar-refractivity contribution is -0.684. The van der Waals surface area contributed by atoms with Crippen molar-refractivity contribution < 1.29 is 32.5 Å². The Morgan fingerprint density at radius 1 is 1.03 bits per heavy atom. The number of nitrogens with one attached hydrogen (secondary N) is 1. The van der Waals surface area contributed by atoms with Crippen molar-refractivity contribution in [3.63, 3.8) is 0 Å². The van der Waals surface area contributed by atoms with E-state index in [1.54, 1.807) is 0 Å². The number of fused-ring (bicyclic) bond motifs is 1. The summed E-state index contributed by atoms with van der Waals surface area (Å²) in [5.74, 6) is -0.135. The van der Waals surface area contributed by atoms with Crippen LogP contribution in [0.15, 0.2) is 42.7 Å². The fourth-order valence-corrected chi connectivity index (χ4v) is 5.97. The average Bonchev–Trinajstić information content (AvgIpc) is 2.90. The molecule has 0 bridgehead atoms. The number of carbonyl (C=O) groups is 1. The van der Waals surface area contributed by atoms with Crippen LogP contribution in [0.2, 0.25) is 0 Å². The average molecular weight is 579 g/mol. The maximum Gasteiger partial charge on any atom is 0.319 e. The number of amides is 1. The zero-order chi connectivity index (χ0) is 28.1. The van der Waals surface area contributed by atoms with Crippen LogP contribution in [0, 0.1) is 0 Å². The monoisotopic (exact) mass is 578 g/mol. The molecule has 0 spiro atoms. The molecule has 0 aliphatic heterocycles. The molecule has 2 aromatic rings. The Hall–Kier alpha value is -2.44. The van der Waals surface area contributed by atoms with E-state index >= 15 is 0 Å². The van der Waals surface area contributed by atoms with E-state index in [0.29, 0.717) is 10.8 Å². The van der Waals surface area contributed by atoms with Gasteiger partial charge >= 0.3 is 9.15 Å². The van der Waals surface area contributed by atoms with E-state index < -0.39 is 9.15 Å². The van der Waals surface area contributed by atoms with Crippen LogP contribution in [0.4, 0.5) is 5.69 Å². The molecule has 1 amide bonds. The van der Waals surface area contributed by atoms with Gasteiger partial charge in [0.15, 0.2) is 12.4 Å². The minimum absolute atomic E-state index is 0.0834. The maximum absolute atomic E-state index is 12.2. The number of aliphatic hydroxyl groups is 2. The summed E-state index contributed by atoms with van der Waals surface area (Å²) in [7, 11) is -3.71. The first-order valence-electron chi connectivity index (χ1n) is 13.5. The summed E-state index contributed by atoms with van der Waals surface area (Å²) in [5.41, 5.74) is 5.94. The lowest BCUT2D eigenvalue weighted by Crippen LogP contribution is -2.43. The molecule has 9 nitrogen and oxygen atoms in total. The number of aliphatic hydroxyl groups excluding tert-OH is 2. The summed E-state index contributed by atoms with van der Waals surface area (Å²) < 4.78 is 32.1. The first-order chi connectivity index (χ1) is 18.8. The number of nitrogens with zero attached hydrogens (tertiary/aromatic N) is 2. The maximum atomic E-state index is 12.2. The van der Waals surface area contributed by atoms with Crippen molar-refractivity contribution in [2.24, 2.45) is 0 Å². The Balaban J connectivity index is 1.64. The second-order valence-electron chi connectivity index (χ2n) is 9.62. The van der Waals surface area contributed by atoms with Crippen LogP contribution in [0.25, 0.3) is 11.6 Å². The predicted molar refractivity (Wildman–Crippen MR) is 156 cm³/mol. The van der Waals surface area contributed by atoms with Crippen LogP contribution >= 0.6 is 10.8 Å². The van der Waals surface area contributed by atoms with Crippen LogP contribution < -0.4 is 14.8 Å². The van der Waals surface area contributed by atoms with Crippen LogP contribution in [-0.2, 0) is 26.9 Å². The van der Waals surface area contributed by atoms with E-state index in [1.807, 2.05) is 17.0 Å². The summed E-state index contributed by atoms with van der Waals surface area (Å²) in [6, 6.07) is 10.6. The molecular formula is C28H40N3O6S2+. The topological polar surface area (TPSA) is 131 Å². The number of aromatic nitrogens is 1. The van der Waals surface area contributed by atoms with Crippen molar-refractivity contribution in [1.29, 1.82) is 0 Å². The summed E-state index contributed by atoms with van der Waals surface area (Å²) in [6.07, 6.45) is 12.5. The largest absolute Gasteiger partial charge is 0.396 e. The fraction of sp³-hybridized carbons (Fsp3) is 0.500. The molecule has 1 aromatic heterocycles. The smallest absolute Gasteiger partial charge is 0.319 e. The second-order valence-corrected chi connectivity index (χ2v) is 13.1. The minimum Gasteiger partial charge on any atom is -0.396 e. The van der Waals surface area contributed by atoms with E-state index in [9.17, 15) is 13.2 Å². The lowest BCUT2D eigenvalue weighted by atomic mass is 9.87. The highest BCUT2D eigenvalue weighted by molar-refractivity contribution is 8.69. The van der Waals surface area contributed by atoms with Gasteiger partial charge in [-0.05, 0) is 84.6 Å². The van der Waals surface area contributed by atoms with Gasteiger partial charge in [-0.3, -0.25) is 9.35 Å². The van der Waals surface area contributed by atoms with Gasteiger partial charge in [0.25, 0.3) is 5.91 Å².